The standard InChI is InChI=1S/C20H21N5O3/c1-14-13-15(19(26)24-9-6-20(7-10-24)27-11-12-28-20)4-5-17(14)25-18-16(22-23-25)3-2-8-21-18/h2-5,8,13H,6-7,9-12H2,1H3. The molecule has 0 saturated carbocycles. The lowest BCUT2D eigenvalue weighted by Gasteiger charge is -2.37. The molecule has 1 amide bonds. The lowest BCUT2D eigenvalue weighted by atomic mass is 10.0. The molecule has 0 unspecified atom stereocenters. The first-order valence-electron chi connectivity index (χ1n) is 9.50. The second kappa shape index (κ2) is 6.65. The molecule has 1 spiro atoms. The number of pyridine rings is 1. The molecule has 28 heavy (non-hydrogen) atoms. The summed E-state index contributed by atoms with van der Waals surface area (Å²) in [5.41, 5.74) is 3.91. The van der Waals surface area contributed by atoms with E-state index >= 15 is 0 Å². The van der Waals surface area contributed by atoms with Crippen molar-refractivity contribution in [2.75, 3.05) is 26.3 Å². The molecular formula is C20H21N5O3. The maximum Gasteiger partial charge on any atom is 0.253 e. The summed E-state index contributed by atoms with van der Waals surface area (Å²) < 4.78 is 13.2. The third-order valence-electron chi connectivity index (χ3n) is 5.51. The Hall–Kier alpha value is -2.84. The molecular weight excluding hydrogens is 358 g/mol. The molecule has 0 aliphatic carbocycles. The summed E-state index contributed by atoms with van der Waals surface area (Å²) in [6, 6.07) is 9.36. The highest BCUT2D eigenvalue weighted by molar-refractivity contribution is 5.94. The molecule has 2 aliphatic rings. The number of carbonyl (C=O) groups excluding carboxylic acids is 1. The van der Waals surface area contributed by atoms with Crippen LogP contribution in [0.15, 0.2) is 36.5 Å². The van der Waals surface area contributed by atoms with Gasteiger partial charge in [-0.05, 0) is 42.8 Å². The molecule has 8 nitrogen and oxygen atoms in total. The van der Waals surface area contributed by atoms with Crippen LogP contribution in [0.25, 0.3) is 16.9 Å². The van der Waals surface area contributed by atoms with Gasteiger partial charge in [-0.2, -0.15) is 4.68 Å². The molecule has 5 rings (SSSR count). The minimum absolute atomic E-state index is 0.0315. The van der Waals surface area contributed by atoms with Crippen LogP contribution in [0.2, 0.25) is 0 Å². The molecule has 2 fully saturated rings. The molecule has 0 N–H and O–H groups in total. The first-order chi connectivity index (χ1) is 13.7. The quantitative estimate of drug-likeness (QED) is 0.678. The third-order valence-corrected chi connectivity index (χ3v) is 5.51. The topological polar surface area (TPSA) is 82.4 Å². The van der Waals surface area contributed by atoms with Gasteiger partial charge in [-0.25, -0.2) is 4.98 Å². The van der Waals surface area contributed by atoms with Crippen molar-refractivity contribution in [2.24, 2.45) is 0 Å². The summed E-state index contributed by atoms with van der Waals surface area (Å²) in [6.45, 7) is 4.52. The Balaban J connectivity index is 1.37. The van der Waals surface area contributed by atoms with Gasteiger partial charge >= 0.3 is 0 Å². The number of benzene rings is 1. The summed E-state index contributed by atoms with van der Waals surface area (Å²) in [5.74, 6) is -0.443. The van der Waals surface area contributed by atoms with Gasteiger partial charge in [-0.1, -0.05) is 5.21 Å². The van der Waals surface area contributed by atoms with Gasteiger partial charge in [0.15, 0.2) is 11.4 Å². The largest absolute Gasteiger partial charge is 0.347 e. The number of hydrogen-bond donors (Lipinski definition) is 0. The first-order valence-corrected chi connectivity index (χ1v) is 9.50. The van der Waals surface area contributed by atoms with Gasteiger partial charge in [0.05, 0.1) is 18.9 Å². The average molecular weight is 379 g/mol. The minimum Gasteiger partial charge on any atom is -0.347 e. The lowest BCUT2D eigenvalue weighted by molar-refractivity contribution is -0.181. The van der Waals surface area contributed by atoms with E-state index in [1.54, 1.807) is 10.9 Å². The van der Waals surface area contributed by atoms with E-state index in [9.17, 15) is 4.79 Å². The zero-order chi connectivity index (χ0) is 19.1. The van der Waals surface area contributed by atoms with Crippen LogP contribution in [-0.2, 0) is 9.47 Å². The van der Waals surface area contributed by atoms with E-state index in [1.807, 2.05) is 42.2 Å². The number of nitrogens with zero attached hydrogens (tertiary/aromatic N) is 5. The summed E-state index contributed by atoms with van der Waals surface area (Å²) in [4.78, 5) is 19.2. The van der Waals surface area contributed by atoms with Crippen molar-refractivity contribution in [3.63, 3.8) is 0 Å². The fraction of sp³-hybridized carbons (Fsp3) is 0.400. The Morgan fingerprint density at radius 2 is 1.93 bits per heavy atom. The van der Waals surface area contributed by atoms with Gasteiger partial charge in [0, 0.05) is 37.7 Å². The smallest absolute Gasteiger partial charge is 0.253 e. The molecule has 144 valence electrons. The molecule has 1 aromatic carbocycles. The number of amides is 1. The zero-order valence-corrected chi connectivity index (χ0v) is 15.7. The Morgan fingerprint density at radius 1 is 1.14 bits per heavy atom. The molecule has 3 aromatic rings. The number of piperidine rings is 1. The van der Waals surface area contributed by atoms with E-state index in [1.165, 1.54) is 0 Å². The second-order valence-electron chi connectivity index (χ2n) is 7.25. The number of aromatic nitrogens is 4. The molecule has 0 radical (unpaired) electrons. The van der Waals surface area contributed by atoms with E-state index in [2.05, 4.69) is 15.3 Å². The lowest BCUT2D eigenvalue weighted by Crippen LogP contribution is -2.47. The van der Waals surface area contributed by atoms with E-state index in [-0.39, 0.29) is 5.91 Å². The number of hydrogen-bond acceptors (Lipinski definition) is 6. The van der Waals surface area contributed by atoms with E-state index in [0.29, 0.717) is 50.4 Å². The summed E-state index contributed by atoms with van der Waals surface area (Å²) >= 11 is 0. The van der Waals surface area contributed by atoms with Crippen LogP contribution in [0, 0.1) is 6.92 Å². The van der Waals surface area contributed by atoms with Gasteiger partial charge in [-0.15, -0.1) is 5.10 Å². The maximum absolute atomic E-state index is 13.0. The van der Waals surface area contributed by atoms with Gasteiger partial charge in [-0.3, -0.25) is 4.79 Å². The second-order valence-corrected chi connectivity index (χ2v) is 7.25. The van der Waals surface area contributed by atoms with Crippen molar-refractivity contribution in [2.45, 2.75) is 25.6 Å². The average Bonchev–Trinajstić information content (AvgIpc) is 3.35. The highest BCUT2D eigenvalue weighted by Crippen LogP contribution is 2.32. The van der Waals surface area contributed by atoms with Gasteiger partial charge in [0.25, 0.3) is 5.91 Å². The van der Waals surface area contributed by atoms with Crippen LogP contribution in [0.1, 0.15) is 28.8 Å². The third kappa shape index (κ3) is 2.85. The highest BCUT2D eigenvalue weighted by Gasteiger charge is 2.40. The van der Waals surface area contributed by atoms with Crippen LogP contribution in [-0.4, -0.2) is 62.9 Å². The Labute approximate surface area is 162 Å². The number of aryl methyl sites for hydroxylation is 1. The molecule has 8 heteroatoms. The normalized spacial score (nSPS) is 18.8. The predicted molar refractivity (Wildman–Crippen MR) is 101 cm³/mol. The fourth-order valence-corrected chi connectivity index (χ4v) is 3.97. The Bertz CT molecular complexity index is 1030. The van der Waals surface area contributed by atoms with Crippen LogP contribution in [0.4, 0.5) is 0 Å². The van der Waals surface area contributed by atoms with Crippen LogP contribution in [0.5, 0.6) is 0 Å². The molecule has 2 aromatic heterocycles. The summed E-state index contributed by atoms with van der Waals surface area (Å²) in [5, 5.41) is 8.37. The number of ether oxygens (including phenoxy) is 2. The van der Waals surface area contributed by atoms with Crippen molar-refractivity contribution in [1.29, 1.82) is 0 Å². The Morgan fingerprint density at radius 3 is 2.68 bits per heavy atom. The van der Waals surface area contributed by atoms with Gasteiger partial charge in [0.2, 0.25) is 0 Å². The monoisotopic (exact) mass is 379 g/mol. The molecule has 0 atom stereocenters. The zero-order valence-electron chi connectivity index (χ0n) is 15.7. The first kappa shape index (κ1) is 17.3. The van der Waals surface area contributed by atoms with Crippen LogP contribution >= 0.6 is 0 Å². The SMILES string of the molecule is Cc1cc(C(=O)N2CCC3(CC2)OCCO3)ccc1-n1nnc2cccnc21. The maximum atomic E-state index is 13.0. The van der Waals surface area contributed by atoms with E-state index in [4.69, 9.17) is 9.47 Å². The van der Waals surface area contributed by atoms with Crippen molar-refractivity contribution in [3.8, 4) is 5.69 Å². The molecule has 4 heterocycles. The number of fused-ring (bicyclic) bond motifs is 1. The van der Waals surface area contributed by atoms with Crippen molar-refractivity contribution in [3.05, 3.63) is 47.7 Å². The van der Waals surface area contributed by atoms with E-state index in [0.717, 1.165) is 16.8 Å². The molecule has 0 bridgehead atoms. The molecule has 2 saturated heterocycles. The van der Waals surface area contributed by atoms with Crippen LogP contribution in [0.3, 0.4) is 0 Å². The number of carbonyl (C=O) groups is 1. The minimum atomic E-state index is -0.475. The van der Waals surface area contributed by atoms with E-state index < -0.39 is 5.79 Å². The van der Waals surface area contributed by atoms with Gasteiger partial charge < -0.3 is 14.4 Å². The fourth-order valence-electron chi connectivity index (χ4n) is 3.97. The molecule has 2 aliphatic heterocycles. The highest BCUT2D eigenvalue weighted by atomic mass is 16.7. The van der Waals surface area contributed by atoms with Crippen molar-refractivity contribution in [1.82, 2.24) is 24.9 Å². The van der Waals surface area contributed by atoms with Gasteiger partial charge in [0.1, 0.15) is 5.52 Å². The van der Waals surface area contributed by atoms with Crippen LogP contribution < -0.4 is 0 Å². The number of likely N-dealkylation sites (tertiary alicyclic amines) is 1. The van der Waals surface area contributed by atoms with Crippen molar-refractivity contribution < 1.29 is 14.3 Å². The Kier molecular flexibility index (Phi) is 4.10. The summed E-state index contributed by atoms with van der Waals surface area (Å²) in [6.07, 6.45) is 3.15. The summed E-state index contributed by atoms with van der Waals surface area (Å²) in [7, 11) is 0. The number of rotatable bonds is 2. The van der Waals surface area contributed by atoms with Crippen molar-refractivity contribution >= 4 is 17.1 Å². The predicted octanol–water partition coefficient (Wildman–Crippen LogP) is 2.10.